The van der Waals surface area contributed by atoms with Gasteiger partial charge in [0, 0.05) is 0 Å². The Bertz CT molecular complexity index is 992. The van der Waals surface area contributed by atoms with Gasteiger partial charge in [0.25, 0.3) is 11.1 Å². The molecule has 0 saturated carbocycles. The second-order valence-electron chi connectivity index (χ2n) is 5.73. The summed E-state index contributed by atoms with van der Waals surface area (Å²) in [7, 11) is 1.48. The number of phenols is 1. The molecular formula is C19H15IN2O5S. The fourth-order valence-electron chi connectivity index (χ4n) is 2.48. The van der Waals surface area contributed by atoms with E-state index in [4.69, 9.17) is 4.74 Å². The molecule has 0 bridgehead atoms. The number of amides is 3. The molecule has 2 aromatic carbocycles. The van der Waals surface area contributed by atoms with Crippen molar-refractivity contribution in [3.05, 3.63) is 56.5 Å². The minimum Gasteiger partial charge on any atom is -0.507 e. The Hall–Kier alpha value is -2.53. The Morgan fingerprint density at radius 2 is 2.04 bits per heavy atom. The van der Waals surface area contributed by atoms with Crippen LogP contribution in [0.25, 0.3) is 6.08 Å². The molecule has 0 spiro atoms. The predicted molar refractivity (Wildman–Crippen MR) is 115 cm³/mol. The quantitative estimate of drug-likeness (QED) is 0.471. The van der Waals surface area contributed by atoms with Crippen LogP contribution in [0.4, 0.5) is 10.5 Å². The molecule has 7 nitrogen and oxygen atoms in total. The number of anilines is 1. The maximum absolute atomic E-state index is 12.5. The summed E-state index contributed by atoms with van der Waals surface area (Å²) in [6, 6.07) is 11.7. The van der Waals surface area contributed by atoms with Crippen molar-refractivity contribution < 1.29 is 24.2 Å². The van der Waals surface area contributed by atoms with Crippen LogP contribution in [-0.2, 0) is 9.59 Å². The fraction of sp³-hybridized carbons (Fsp3) is 0.105. The maximum atomic E-state index is 12.5. The van der Waals surface area contributed by atoms with Crippen molar-refractivity contribution in [2.24, 2.45) is 0 Å². The molecule has 9 heteroatoms. The van der Waals surface area contributed by atoms with Crippen LogP contribution < -0.4 is 10.1 Å². The van der Waals surface area contributed by atoms with Crippen LogP contribution in [0.15, 0.2) is 47.4 Å². The second kappa shape index (κ2) is 8.65. The van der Waals surface area contributed by atoms with Gasteiger partial charge in [-0.3, -0.25) is 19.3 Å². The number of nitrogens with one attached hydrogen (secondary N) is 1. The van der Waals surface area contributed by atoms with Gasteiger partial charge in [-0.1, -0.05) is 18.2 Å². The molecule has 2 N–H and O–H groups in total. The molecule has 0 aromatic heterocycles. The van der Waals surface area contributed by atoms with E-state index in [1.165, 1.54) is 13.2 Å². The standard InChI is InChI=1S/C19H15IN2O5S/c1-27-15-5-3-2-4-13(15)21-17(24)10-22-18(25)16(28-19(22)26)9-11-6-7-14(23)12(20)8-11/h2-9,23H,10H2,1H3,(H,21,24)/b16-9-. The number of rotatable bonds is 5. The van der Waals surface area contributed by atoms with Crippen molar-refractivity contribution in [2.75, 3.05) is 19.0 Å². The molecule has 0 radical (unpaired) electrons. The van der Waals surface area contributed by atoms with Crippen LogP contribution in [0.2, 0.25) is 0 Å². The summed E-state index contributed by atoms with van der Waals surface area (Å²) in [6.07, 6.45) is 1.56. The van der Waals surface area contributed by atoms with Crippen molar-refractivity contribution in [2.45, 2.75) is 0 Å². The zero-order valence-corrected chi connectivity index (χ0v) is 17.6. The molecule has 3 amide bonds. The number of phenolic OH excluding ortho intramolecular Hbond substituents is 1. The van der Waals surface area contributed by atoms with Crippen LogP contribution in [0.5, 0.6) is 11.5 Å². The molecule has 1 heterocycles. The van der Waals surface area contributed by atoms with Gasteiger partial charge in [0.2, 0.25) is 5.91 Å². The average molecular weight is 510 g/mol. The Kier molecular flexibility index (Phi) is 6.25. The lowest BCUT2D eigenvalue weighted by atomic mass is 10.2. The number of para-hydroxylation sites is 2. The first-order chi connectivity index (χ1) is 13.4. The van der Waals surface area contributed by atoms with Crippen LogP contribution in [0, 0.1) is 3.57 Å². The number of ether oxygens (including phenoxy) is 1. The lowest BCUT2D eigenvalue weighted by molar-refractivity contribution is -0.127. The first kappa shape index (κ1) is 20.2. The molecular weight excluding hydrogens is 495 g/mol. The predicted octanol–water partition coefficient (Wildman–Crippen LogP) is 3.68. The zero-order chi connectivity index (χ0) is 20.3. The van der Waals surface area contributed by atoms with Crippen LogP contribution >= 0.6 is 34.4 Å². The molecule has 144 valence electrons. The first-order valence-corrected chi connectivity index (χ1v) is 9.95. The van der Waals surface area contributed by atoms with Crippen molar-refractivity contribution in [1.82, 2.24) is 4.90 Å². The van der Waals surface area contributed by atoms with Crippen molar-refractivity contribution in [3.8, 4) is 11.5 Å². The highest BCUT2D eigenvalue weighted by atomic mass is 127. The lowest BCUT2D eigenvalue weighted by Gasteiger charge is -2.14. The largest absolute Gasteiger partial charge is 0.507 e. The van der Waals surface area contributed by atoms with Crippen molar-refractivity contribution >= 4 is 63.2 Å². The van der Waals surface area contributed by atoms with Gasteiger partial charge in [0.1, 0.15) is 18.0 Å². The summed E-state index contributed by atoms with van der Waals surface area (Å²) in [5, 5.41) is 11.7. The number of benzene rings is 2. The van der Waals surface area contributed by atoms with E-state index in [1.807, 2.05) is 22.6 Å². The monoisotopic (exact) mass is 510 g/mol. The van der Waals surface area contributed by atoms with Gasteiger partial charge in [0.05, 0.1) is 21.3 Å². The minimum atomic E-state index is -0.534. The molecule has 1 aliphatic rings. The summed E-state index contributed by atoms with van der Waals surface area (Å²) in [4.78, 5) is 38.2. The van der Waals surface area contributed by atoms with Gasteiger partial charge in [-0.05, 0) is 70.3 Å². The third-order valence-corrected chi connectivity index (χ3v) is 5.60. The summed E-state index contributed by atoms with van der Waals surface area (Å²) >= 11 is 2.74. The molecule has 28 heavy (non-hydrogen) atoms. The number of hydrogen-bond acceptors (Lipinski definition) is 6. The molecule has 0 aliphatic carbocycles. The molecule has 1 fully saturated rings. The zero-order valence-electron chi connectivity index (χ0n) is 14.6. The molecule has 1 aliphatic heterocycles. The van der Waals surface area contributed by atoms with E-state index < -0.39 is 23.6 Å². The Labute approximate surface area is 178 Å². The number of aromatic hydroxyl groups is 1. The smallest absolute Gasteiger partial charge is 0.294 e. The molecule has 2 aromatic rings. The number of thioether (sulfide) groups is 1. The summed E-state index contributed by atoms with van der Waals surface area (Å²) in [5.41, 5.74) is 1.13. The van der Waals surface area contributed by atoms with Crippen LogP contribution in [0.3, 0.4) is 0 Å². The van der Waals surface area contributed by atoms with E-state index in [2.05, 4.69) is 5.32 Å². The van der Waals surface area contributed by atoms with E-state index in [9.17, 15) is 19.5 Å². The SMILES string of the molecule is COc1ccccc1NC(=O)CN1C(=O)S/C(=C\c2ccc(O)c(I)c2)C1=O. The number of carbonyl (C=O) groups is 3. The van der Waals surface area contributed by atoms with Gasteiger partial charge >= 0.3 is 0 Å². The highest BCUT2D eigenvalue weighted by Gasteiger charge is 2.36. The Morgan fingerprint density at radius 3 is 2.75 bits per heavy atom. The fourth-order valence-corrected chi connectivity index (χ4v) is 3.86. The van der Waals surface area contributed by atoms with Crippen molar-refractivity contribution in [3.63, 3.8) is 0 Å². The molecule has 3 rings (SSSR count). The van der Waals surface area contributed by atoms with Crippen molar-refractivity contribution in [1.29, 1.82) is 0 Å². The van der Waals surface area contributed by atoms with E-state index >= 15 is 0 Å². The molecule has 0 unspecified atom stereocenters. The minimum absolute atomic E-state index is 0.138. The number of halogens is 1. The number of carbonyl (C=O) groups excluding carboxylic acids is 3. The number of imide groups is 1. The average Bonchev–Trinajstić information content (AvgIpc) is 2.92. The normalized spacial score (nSPS) is 15.2. The van der Waals surface area contributed by atoms with E-state index in [0.29, 0.717) is 20.6 Å². The Morgan fingerprint density at radius 1 is 1.29 bits per heavy atom. The highest BCUT2D eigenvalue weighted by Crippen LogP contribution is 2.33. The second-order valence-corrected chi connectivity index (χ2v) is 7.88. The highest BCUT2D eigenvalue weighted by molar-refractivity contribution is 14.1. The number of nitrogens with zero attached hydrogens (tertiary/aromatic N) is 1. The van der Waals surface area contributed by atoms with E-state index in [0.717, 1.165) is 16.7 Å². The molecule has 0 atom stereocenters. The molecule has 1 saturated heterocycles. The topological polar surface area (TPSA) is 95.9 Å². The summed E-state index contributed by atoms with van der Waals surface area (Å²) in [5.74, 6) is -0.425. The number of methoxy groups -OCH3 is 1. The van der Waals surface area contributed by atoms with Gasteiger partial charge in [-0.2, -0.15) is 0 Å². The van der Waals surface area contributed by atoms with Gasteiger partial charge in [-0.25, -0.2) is 0 Å². The maximum Gasteiger partial charge on any atom is 0.294 e. The summed E-state index contributed by atoms with van der Waals surface area (Å²) in [6.45, 7) is -0.396. The van der Waals surface area contributed by atoms with Gasteiger partial charge < -0.3 is 15.2 Å². The third kappa shape index (κ3) is 4.47. The Balaban J connectivity index is 1.72. The third-order valence-electron chi connectivity index (χ3n) is 3.83. The van der Waals surface area contributed by atoms with Crippen LogP contribution in [0.1, 0.15) is 5.56 Å². The van der Waals surface area contributed by atoms with Gasteiger partial charge in [0.15, 0.2) is 0 Å². The lowest BCUT2D eigenvalue weighted by Crippen LogP contribution is -2.36. The summed E-state index contributed by atoms with van der Waals surface area (Å²) < 4.78 is 5.79. The van der Waals surface area contributed by atoms with Crippen LogP contribution in [-0.4, -0.2) is 40.7 Å². The number of hydrogen-bond donors (Lipinski definition) is 2. The first-order valence-electron chi connectivity index (χ1n) is 8.06. The van der Waals surface area contributed by atoms with Gasteiger partial charge in [-0.15, -0.1) is 0 Å². The van der Waals surface area contributed by atoms with E-state index in [1.54, 1.807) is 42.5 Å². The van der Waals surface area contributed by atoms with E-state index in [-0.39, 0.29) is 10.7 Å².